The van der Waals surface area contributed by atoms with Gasteiger partial charge in [0, 0.05) is 29.0 Å². The molecule has 0 bridgehead atoms. The molecular formula is C32H40O3. The van der Waals surface area contributed by atoms with Gasteiger partial charge in [0.15, 0.2) is 17.3 Å². The van der Waals surface area contributed by atoms with Crippen LogP contribution in [0.25, 0.3) is 0 Å². The van der Waals surface area contributed by atoms with Crippen LogP contribution in [-0.2, 0) is 6.42 Å². The first-order valence-electron chi connectivity index (χ1n) is 12.6. The molecular weight excluding hydrogens is 432 g/mol. The van der Waals surface area contributed by atoms with Crippen LogP contribution in [-0.4, -0.2) is 17.3 Å². The number of fused-ring (bicyclic) bond motifs is 1. The predicted octanol–water partition coefficient (Wildman–Crippen LogP) is 8.24. The molecule has 3 aromatic carbocycles. The van der Waals surface area contributed by atoms with Crippen LogP contribution in [0.1, 0.15) is 101 Å². The third kappa shape index (κ3) is 8.75. The molecule has 0 spiro atoms. The van der Waals surface area contributed by atoms with E-state index in [1.54, 1.807) is 19.1 Å². The van der Waals surface area contributed by atoms with Crippen molar-refractivity contribution in [3.05, 3.63) is 106 Å². The molecule has 3 aromatic rings. The lowest BCUT2D eigenvalue weighted by molar-refractivity contribution is 0.0834. The Morgan fingerprint density at radius 2 is 1.20 bits per heavy atom. The molecule has 3 heteroatoms. The third-order valence-corrected chi connectivity index (χ3v) is 5.58. The van der Waals surface area contributed by atoms with Gasteiger partial charge in [-0.3, -0.25) is 14.4 Å². The van der Waals surface area contributed by atoms with Gasteiger partial charge in [0.05, 0.1) is 0 Å². The number of carbonyl (C=O) groups is 3. The summed E-state index contributed by atoms with van der Waals surface area (Å²) in [6, 6.07) is 22.2. The summed E-state index contributed by atoms with van der Waals surface area (Å²) in [5.74, 6) is -0.403. The molecule has 1 aliphatic rings. The maximum atomic E-state index is 11.8. The van der Waals surface area contributed by atoms with Crippen molar-refractivity contribution in [3.8, 4) is 0 Å². The number of Topliss-reactive ketones (excluding diaryl/α,β-unsaturated/α-hetero) is 3. The summed E-state index contributed by atoms with van der Waals surface area (Å²) < 4.78 is 0. The highest BCUT2D eigenvalue weighted by atomic mass is 16.1. The first kappa shape index (κ1) is 29.7. The molecule has 0 radical (unpaired) electrons. The fourth-order valence-electron chi connectivity index (χ4n) is 3.60. The predicted molar refractivity (Wildman–Crippen MR) is 147 cm³/mol. The van der Waals surface area contributed by atoms with Crippen LogP contribution in [0.3, 0.4) is 0 Å². The minimum atomic E-state index is -0.247. The summed E-state index contributed by atoms with van der Waals surface area (Å²) >= 11 is 0. The van der Waals surface area contributed by atoms with E-state index in [-0.39, 0.29) is 29.7 Å². The van der Waals surface area contributed by atoms with Gasteiger partial charge in [0.1, 0.15) is 0 Å². The molecule has 3 nitrogen and oxygen atoms in total. The Kier molecular flexibility index (Phi) is 12.6. The highest BCUT2D eigenvalue weighted by Gasteiger charge is 2.29. The van der Waals surface area contributed by atoms with Gasteiger partial charge in [-0.1, -0.05) is 100 Å². The Hall–Kier alpha value is -3.33. The number of rotatable bonds is 3. The van der Waals surface area contributed by atoms with Crippen molar-refractivity contribution in [2.45, 2.75) is 68.2 Å². The summed E-state index contributed by atoms with van der Waals surface area (Å²) in [7, 11) is 0. The monoisotopic (exact) mass is 472 g/mol. The molecule has 1 unspecified atom stereocenters. The minimum Gasteiger partial charge on any atom is -0.295 e. The molecule has 4 rings (SSSR count). The van der Waals surface area contributed by atoms with Crippen molar-refractivity contribution < 1.29 is 14.4 Å². The van der Waals surface area contributed by atoms with Crippen molar-refractivity contribution >= 4 is 17.3 Å². The summed E-state index contributed by atoms with van der Waals surface area (Å²) in [5.41, 5.74) is 6.73. The van der Waals surface area contributed by atoms with E-state index in [1.807, 2.05) is 27.7 Å². The van der Waals surface area contributed by atoms with Crippen LogP contribution in [0.2, 0.25) is 0 Å². The van der Waals surface area contributed by atoms with E-state index < -0.39 is 0 Å². The van der Waals surface area contributed by atoms with Gasteiger partial charge in [-0.2, -0.15) is 0 Å². The zero-order valence-corrected chi connectivity index (χ0v) is 22.6. The van der Waals surface area contributed by atoms with Crippen molar-refractivity contribution in [2.75, 3.05) is 0 Å². The molecule has 1 atom stereocenters. The second-order valence-electron chi connectivity index (χ2n) is 8.36. The highest BCUT2D eigenvalue weighted by molar-refractivity contribution is 6.15. The second-order valence-corrected chi connectivity index (χ2v) is 8.36. The fourth-order valence-corrected chi connectivity index (χ4v) is 3.60. The van der Waals surface area contributed by atoms with Crippen LogP contribution >= 0.6 is 0 Å². The van der Waals surface area contributed by atoms with Crippen LogP contribution in [0.4, 0.5) is 0 Å². The Balaban J connectivity index is 0.000000307. The lowest BCUT2D eigenvalue weighted by Crippen LogP contribution is -2.25. The van der Waals surface area contributed by atoms with Crippen LogP contribution in [0.5, 0.6) is 0 Å². The molecule has 0 saturated heterocycles. The molecule has 0 saturated carbocycles. The van der Waals surface area contributed by atoms with Crippen molar-refractivity contribution in [2.24, 2.45) is 5.92 Å². The van der Waals surface area contributed by atoms with Gasteiger partial charge in [-0.25, -0.2) is 0 Å². The van der Waals surface area contributed by atoms with E-state index in [9.17, 15) is 14.4 Å². The summed E-state index contributed by atoms with van der Waals surface area (Å²) in [5, 5.41) is 0. The Morgan fingerprint density at radius 3 is 1.63 bits per heavy atom. The fraction of sp³-hybridized carbons (Fsp3) is 0.344. The van der Waals surface area contributed by atoms with Gasteiger partial charge in [-0.15, -0.1) is 0 Å². The Morgan fingerprint density at radius 1 is 0.743 bits per heavy atom. The lowest BCUT2D eigenvalue weighted by atomic mass is 9.82. The highest BCUT2D eigenvalue weighted by Crippen LogP contribution is 2.26. The zero-order valence-electron chi connectivity index (χ0n) is 22.6. The molecule has 35 heavy (non-hydrogen) atoms. The standard InChI is InChI=1S/C15H16.C13H12O3.2C2H6/c1-12-3-7-14(8-4-12)11-15-9-5-13(2)6-10-15;1-7-5-12(15)11-6-9(8(2)14)3-4-10(11)13(7)16;2*1-2/h3-10H,11H2,1-2H3;3-4,6-7H,5H2,1-2H3;2*1-2H3. The smallest absolute Gasteiger partial charge is 0.166 e. The van der Waals surface area contributed by atoms with Crippen LogP contribution in [0.15, 0.2) is 66.7 Å². The number of aryl methyl sites for hydroxylation is 2. The van der Waals surface area contributed by atoms with Gasteiger partial charge in [0.2, 0.25) is 0 Å². The normalized spacial score (nSPS) is 13.7. The van der Waals surface area contributed by atoms with Gasteiger partial charge >= 0.3 is 0 Å². The summed E-state index contributed by atoms with van der Waals surface area (Å²) in [6.07, 6.45) is 1.27. The number of hydrogen-bond acceptors (Lipinski definition) is 3. The number of benzene rings is 3. The van der Waals surface area contributed by atoms with Crippen molar-refractivity contribution in [1.82, 2.24) is 0 Å². The Labute approximate surface area is 211 Å². The minimum absolute atomic E-state index is 0.00954. The second kappa shape index (κ2) is 14.8. The topological polar surface area (TPSA) is 51.2 Å². The first-order chi connectivity index (χ1) is 16.7. The molecule has 0 amide bonds. The van der Waals surface area contributed by atoms with Crippen LogP contribution in [0, 0.1) is 19.8 Å². The van der Waals surface area contributed by atoms with E-state index in [1.165, 1.54) is 35.2 Å². The largest absolute Gasteiger partial charge is 0.295 e. The first-order valence-corrected chi connectivity index (χ1v) is 12.6. The van der Waals surface area contributed by atoms with Gasteiger partial charge in [0.25, 0.3) is 0 Å². The zero-order chi connectivity index (χ0) is 26.5. The number of hydrogen-bond donors (Lipinski definition) is 0. The lowest BCUT2D eigenvalue weighted by Gasteiger charge is -2.19. The van der Waals surface area contributed by atoms with Crippen molar-refractivity contribution in [3.63, 3.8) is 0 Å². The van der Waals surface area contributed by atoms with Gasteiger partial charge in [-0.05, 0) is 50.5 Å². The number of ketones is 3. The molecule has 0 aliphatic heterocycles. The van der Waals surface area contributed by atoms with E-state index in [2.05, 4.69) is 62.4 Å². The Bertz CT molecular complexity index is 1060. The molecule has 1 aliphatic carbocycles. The van der Waals surface area contributed by atoms with Crippen molar-refractivity contribution in [1.29, 1.82) is 0 Å². The average Bonchev–Trinajstić information content (AvgIpc) is 2.88. The maximum absolute atomic E-state index is 11.8. The van der Waals surface area contributed by atoms with E-state index in [4.69, 9.17) is 0 Å². The van der Waals surface area contributed by atoms with E-state index in [0.29, 0.717) is 16.7 Å². The van der Waals surface area contributed by atoms with Crippen LogP contribution < -0.4 is 0 Å². The number of carbonyl (C=O) groups excluding carboxylic acids is 3. The summed E-state index contributed by atoms with van der Waals surface area (Å²) in [4.78, 5) is 34.7. The average molecular weight is 473 g/mol. The maximum Gasteiger partial charge on any atom is 0.166 e. The molecule has 0 fully saturated rings. The quantitative estimate of drug-likeness (QED) is 0.361. The molecule has 186 valence electrons. The molecule has 0 heterocycles. The third-order valence-electron chi connectivity index (χ3n) is 5.58. The van der Waals surface area contributed by atoms with Gasteiger partial charge < -0.3 is 0 Å². The summed E-state index contributed by atoms with van der Waals surface area (Å²) in [6.45, 7) is 15.4. The molecule has 0 N–H and O–H groups in total. The van der Waals surface area contributed by atoms with E-state index in [0.717, 1.165) is 6.42 Å². The molecule has 0 aromatic heterocycles. The van der Waals surface area contributed by atoms with E-state index >= 15 is 0 Å². The SMILES string of the molecule is CC.CC.CC(=O)c1ccc2c(c1)C(=O)CC(C)C2=O.Cc1ccc(Cc2ccc(C)cc2)cc1.